The Bertz CT molecular complexity index is 544. The lowest BCUT2D eigenvalue weighted by atomic mass is 10.2. The predicted octanol–water partition coefficient (Wildman–Crippen LogP) is 0.717. The molecular weight excluding hydrogens is 272 g/mol. The van der Waals surface area contributed by atoms with Crippen LogP contribution in [-0.2, 0) is 14.3 Å². The number of methoxy groups -OCH3 is 2. The minimum absolute atomic E-state index is 0.0997. The fourth-order valence-corrected chi connectivity index (χ4v) is 1.27. The van der Waals surface area contributed by atoms with Crippen LogP contribution in [0.3, 0.4) is 0 Å². The van der Waals surface area contributed by atoms with Gasteiger partial charge in [0.05, 0.1) is 24.7 Å². The smallest absolute Gasteiger partial charge is 0.346 e. The van der Waals surface area contributed by atoms with Gasteiger partial charge < -0.3 is 14.2 Å². The van der Waals surface area contributed by atoms with Gasteiger partial charge >= 0.3 is 17.6 Å². The van der Waals surface area contributed by atoms with E-state index in [2.05, 4.69) is 14.5 Å². The topological polar surface area (TPSA) is 118 Å². The molecule has 0 aliphatic carbocycles. The molecule has 0 N–H and O–H groups in total. The van der Waals surface area contributed by atoms with E-state index in [9.17, 15) is 19.7 Å². The standard InChI is InChI=1S/C11H12N2O7/c1-6(10(14)18-2)20-9-8(13(16)17)4-7(5-12-9)11(15)19-3/h4-6H,1-3H3. The second-order valence-corrected chi connectivity index (χ2v) is 3.58. The Morgan fingerprint density at radius 1 is 1.35 bits per heavy atom. The Hall–Kier alpha value is -2.71. The van der Waals surface area contributed by atoms with Crippen molar-refractivity contribution < 1.29 is 28.7 Å². The van der Waals surface area contributed by atoms with Crippen molar-refractivity contribution in [1.82, 2.24) is 4.98 Å². The van der Waals surface area contributed by atoms with E-state index in [-0.39, 0.29) is 11.4 Å². The van der Waals surface area contributed by atoms with Crippen LogP contribution in [0.25, 0.3) is 0 Å². The van der Waals surface area contributed by atoms with Crippen molar-refractivity contribution in [2.75, 3.05) is 14.2 Å². The molecule has 0 aliphatic rings. The summed E-state index contributed by atoms with van der Waals surface area (Å²) >= 11 is 0. The summed E-state index contributed by atoms with van der Waals surface area (Å²) in [5.74, 6) is -1.87. The van der Waals surface area contributed by atoms with E-state index in [0.29, 0.717) is 0 Å². The van der Waals surface area contributed by atoms with Gasteiger partial charge in [-0.15, -0.1) is 0 Å². The van der Waals surface area contributed by atoms with Crippen molar-refractivity contribution in [1.29, 1.82) is 0 Å². The third-order valence-corrected chi connectivity index (χ3v) is 2.27. The van der Waals surface area contributed by atoms with E-state index in [1.54, 1.807) is 0 Å². The van der Waals surface area contributed by atoms with Gasteiger partial charge in [-0.3, -0.25) is 10.1 Å². The maximum absolute atomic E-state index is 11.3. The zero-order chi connectivity index (χ0) is 15.3. The first-order chi connectivity index (χ1) is 9.40. The van der Waals surface area contributed by atoms with Crippen LogP contribution in [0.5, 0.6) is 5.88 Å². The van der Waals surface area contributed by atoms with Crippen molar-refractivity contribution in [3.8, 4) is 5.88 Å². The Balaban J connectivity index is 3.11. The summed E-state index contributed by atoms with van der Waals surface area (Å²) < 4.78 is 13.9. The van der Waals surface area contributed by atoms with Gasteiger partial charge in [-0.1, -0.05) is 0 Å². The Morgan fingerprint density at radius 2 is 2.00 bits per heavy atom. The van der Waals surface area contributed by atoms with Crippen LogP contribution in [0.4, 0.5) is 5.69 Å². The third kappa shape index (κ3) is 3.40. The fourth-order valence-electron chi connectivity index (χ4n) is 1.27. The van der Waals surface area contributed by atoms with Crippen molar-refractivity contribution in [3.05, 3.63) is 27.9 Å². The van der Waals surface area contributed by atoms with E-state index >= 15 is 0 Å². The number of ether oxygens (including phenoxy) is 3. The predicted molar refractivity (Wildman–Crippen MR) is 64.3 cm³/mol. The number of hydrogen-bond acceptors (Lipinski definition) is 8. The average molecular weight is 284 g/mol. The number of nitro groups is 1. The van der Waals surface area contributed by atoms with E-state index in [4.69, 9.17) is 4.74 Å². The highest BCUT2D eigenvalue weighted by atomic mass is 16.6. The van der Waals surface area contributed by atoms with Gasteiger partial charge in [-0.05, 0) is 6.92 Å². The Labute approximate surface area is 113 Å². The van der Waals surface area contributed by atoms with Crippen LogP contribution < -0.4 is 4.74 Å². The highest BCUT2D eigenvalue weighted by Crippen LogP contribution is 2.26. The van der Waals surface area contributed by atoms with Gasteiger partial charge in [-0.25, -0.2) is 14.6 Å². The van der Waals surface area contributed by atoms with E-state index in [1.807, 2.05) is 0 Å². The summed E-state index contributed by atoms with van der Waals surface area (Å²) in [4.78, 5) is 36.3. The molecule has 0 aromatic carbocycles. The molecule has 0 spiro atoms. The molecule has 9 heteroatoms. The van der Waals surface area contributed by atoms with Crippen LogP contribution in [-0.4, -0.2) is 42.2 Å². The van der Waals surface area contributed by atoms with Crippen LogP contribution >= 0.6 is 0 Å². The zero-order valence-corrected chi connectivity index (χ0v) is 11.0. The number of carbonyl (C=O) groups is 2. The van der Waals surface area contributed by atoms with Crippen molar-refractivity contribution >= 4 is 17.6 Å². The second kappa shape index (κ2) is 6.45. The van der Waals surface area contributed by atoms with E-state index in [1.165, 1.54) is 6.92 Å². The van der Waals surface area contributed by atoms with Crippen molar-refractivity contribution in [2.24, 2.45) is 0 Å². The van der Waals surface area contributed by atoms with Crippen LogP contribution in [0.1, 0.15) is 17.3 Å². The first-order valence-corrected chi connectivity index (χ1v) is 5.38. The molecule has 0 fully saturated rings. The van der Waals surface area contributed by atoms with Gasteiger partial charge in [-0.2, -0.15) is 0 Å². The number of rotatable bonds is 5. The normalized spacial score (nSPS) is 11.3. The Morgan fingerprint density at radius 3 is 2.50 bits per heavy atom. The minimum Gasteiger partial charge on any atom is -0.466 e. The maximum atomic E-state index is 11.3. The molecule has 0 aliphatic heterocycles. The highest BCUT2D eigenvalue weighted by Gasteiger charge is 2.25. The number of esters is 2. The molecule has 0 saturated heterocycles. The van der Waals surface area contributed by atoms with Crippen LogP contribution in [0.2, 0.25) is 0 Å². The first-order valence-electron chi connectivity index (χ1n) is 5.38. The quantitative estimate of drug-likeness (QED) is 0.441. The molecule has 20 heavy (non-hydrogen) atoms. The van der Waals surface area contributed by atoms with Gasteiger partial charge in [0.15, 0.2) is 6.10 Å². The molecule has 0 amide bonds. The van der Waals surface area contributed by atoms with Gasteiger partial charge in [0.25, 0.3) is 5.88 Å². The maximum Gasteiger partial charge on any atom is 0.346 e. The molecule has 1 heterocycles. The molecule has 0 radical (unpaired) electrons. The molecular formula is C11H12N2O7. The first kappa shape index (κ1) is 15.3. The number of aromatic nitrogens is 1. The molecule has 108 valence electrons. The minimum atomic E-state index is -1.07. The second-order valence-electron chi connectivity index (χ2n) is 3.58. The van der Waals surface area contributed by atoms with E-state index in [0.717, 1.165) is 26.5 Å². The summed E-state index contributed by atoms with van der Waals surface area (Å²) in [5.41, 5.74) is -0.652. The lowest BCUT2D eigenvalue weighted by molar-refractivity contribution is -0.386. The molecule has 1 rings (SSSR count). The summed E-state index contributed by atoms with van der Waals surface area (Å²) in [7, 11) is 2.29. The summed E-state index contributed by atoms with van der Waals surface area (Å²) in [5, 5.41) is 10.9. The molecule has 1 atom stereocenters. The average Bonchev–Trinajstić information content (AvgIpc) is 2.45. The zero-order valence-electron chi connectivity index (χ0n) is 11.0. The molecule has 0 bridgehead atoms. The van der Waals surface area contributed by atoms with Crippen molar-refractivity contribution in [2.45, 2.75) is 13.0 Å². The van der Waals surface area contributed by atoms with E-state index < -0.39 is 28.7 Å². The summed E-state index contributed by atoms with van der Waals surface area (Å²) in [6, 6.07) is 0.957. The molecule has 0 saturated carbocycles. The molecule has 1 unspecified atom stereocenters. The number of pyridine rings is 1. The van der Waals surface area contributed by atoms with Gasteiger partial charge in [0.2, 0.25) is 0 Å². The largest absolute Gasteiger partial charge is 0.466 e. The van der Waals surface area contributed by atoms with Gasteiger partial charge in [0, 0.05) is 12.3 Å². The summed E-state index contributed by atoms with van der Waals surface area (Å²) in [6.07, 6.45) is -0.0202. The number of carbonyl (C=O) groups excluding carboxylic acids is 2. The third-order valence-electron chi connectivity index (χ3n) is 2.27. The number of hydrogen-bond donors (Lipinski definition) is 0. The highest BCUT2D eigenvalue weighted by molar-refractivity contribution is 5.89. The molecule has 1 aromatic heterocycles. The van der Waals surface area contributed by atoms with Crippen LogP contribution in [0, 0.1) is 10.1 Å². The van der Waals surface area contributed by atoms with Crippen molar-refractivity contribution in [3.63, 3.8) is 0 Å². The van der Waals surface area contributed by atoms with Crippen LogP contribution in [0.15, 0.2) is 12.3 Å². The summed E-state index contributed by atoms with van der Waals surface area (Å²) in [6.45, 7) is 1.35. The lowest BCUT2D eigenvalue weighted by Crippen LogP contribution is -2.25. The molecule has 1 aromatic rings. The fraction of sp³-hybridized carbons (Fsp3) is 0.364. The Kier molecular flexibility index (Phi) is 4.95. The number of nitrogens with zero attached hydrogens (tertiary/aromatic N) is 2. The molecule has 9 nitrogen and oxygen atoms in total. The SMILES string of the molecule is COC(=O)c1cnc(OC(C)C(=O)OC)c([N+](=O)[O-])c1. The van der Waals surface area contributed by atoms with Gasteiger partial charge in [0.1, 0.15) is 0 Å². The lowest BCUT2D eigenvalue weighted by Gasteiger charge is -2.11. The monoisotopic (exact) mass is 284 g/mol.